The molecule has 12 heteroatoms. The molecule has 8 nitrogen and oxygen atoms in total. The van der Waals surface area contributed by atoms with Crippen LogP contribution >= 0.6 is 11.3 Å². The van der Waals surface area contributed by atoms with Gasteiger partial charge >= 0.3 is 6.18 Å². The first kappa shape index (κ1) is 28.4. The third kappa shape index (κ3) is 6.99. The molecule has 0 unspecified atom stereocenters. The molecule has 2 aromatic heterocycles. The summed E-state index contributed by atoms with van der Waals surface area (Å²) in [5.74, 6) is 2.06. The van der Waals surface area contributed by atoms with Crippen LogP contribution in [0.15, 0.2) is 48.5 Å². The molecule has 2 N–H and O–H groups in total. The summed E-state index contributed by atoms with van der Waals surface area (Å²) in [5.41, 5.74) is 0.771. The number of fused-ring (bicyclic) bond motifs is 1. The predicted octanol–water partition coefficient (Wildman–Crippen LogP) is 7.06. The molecule has 1 saturated heterocycles. The summed E-state index contributed by atoms with van der Waals surface area (Å²) < 4.78 is 46.6. The molecule has 3 heterocycles. The molecule has 0 spiro atoms. The lowest BCUT2D eigenvalue weighted by atomic mass is 9.98. The molecule has 0 bridgehead atoms. The lowest BCUT2D eigenvalue weighted by molar-refractivity contribution is -0.137. The summed E-state index contributed by atoms with van der Waals surface area (Å²) in [4.78, 5) is 27.8. The van der Waals surface area contributed by atoms with Crippen LogP contribution < -0.4 is 15.4 Å². The summed E-state index contributed by atoms with van der Waals surface area (Å²) in [7, 11) is 0. The second-order valence-electron chi connectivity index (χ2n) is 11.0. The Morgan fingerprint density at radius 3 is 2.62 bits per heavy atom. The van der Waals surface area contributed by atoms with Gasteiger partial charge in [0.05, 0.1) is 16.0 Å². The van der Waals surface area contributed by atoms with E-state index in [0.717, 1.165) is 48.7 Å². The number of halogens is 3. The van der Waals surface area contributed by atoms with Gasteiger partial charge in [-0.05, 0) is 68.3 Å². The quantitative estimate of drug-likeness (QED) is 0.214. The first-order chi connectivity index (χ1) is 20.2. The van der Waals surface area contributed by atoms with Gasteiger partial charge in [0.1, 0.15) is 5.52 Å². The van der Waals surface area contributed by atoms with Crippen molar-refractivity contribution in [1.29, 1.82) is 0 Å². The summed E-state index contributed by atoms with van der Waals surface area (Å²) in [6.07, 6.45) is 0.489. The maximum absolute atomic E-state index is 13.2. The van der Waals surface area contributed by atoms with Gasteiger partial charge in [0, 0.05) is 38.2 Å². The highest BCUT2D eigenvalue weighted by Crippen LogP contribution is 2.36. The van der Waals surface area contributed by atoms with Gasteiger partial charge in [-0.15, -0.1) is 0 Å². The number of thiazole rings is 1. The molecular weight excluding hydrogens is 565 g/mol. The number of ether oxygens (including phenoxy) is 1. The van der Waals surface area contributed by atoms with Gasteiger partial charge < -0.3 is 20.3 Å². The number of hydrogen-bond donors (Lipinski definition) is 2. The molecule has 220 valence electrons. The zero-order chi connectivity index (χ0) is 29.3. The van der Waals surface area contributed by atoms with Crippen molar-refractivity contribution in [3.63, 3.8) is 0 Å². The molecule has 4 aromatic rings. The van der Waals surface area contributed by atoms with Gasteiger partial charge in [-0.1, -0.05) is 29.5 Å². The minimum atomic E-state index is -4.43. The smallest absolute Gasteiger partial charge is 0.416 e. The molecule has 6 rings (SSSR count). The largest absolute Gasteiger partial charge is 0.437 e. The Morgan fingerprint density at radius 2 is 1.88 bits per heavy atom. The summed E-state index contributed by atoms with van der Waals surface area (Å²) in [5, 5.41) is 6.52. The van der Waals surface area contributed by atoms with Crippen molar-refractivity contribution in [3.8, 4) is 22.9 Å². The average molecular weight is 597 g/mol. The highest BCUT2D eigenvalue weighted by atomic mass is 32.1. The molecule has 2 aromatic carbocycles. The Kier molecular flexibility index (Phi) is 8.00. The lowest BCUT2D eigenvalue weighted by Gasteiger charge is -2.32. The number of benzene rings is 2. The molecule has 2 aliphatic rings. The number of para-hydroxylation sites is 1. The molecule has 1 saturated carbocycles. The van der Waals surface area contributed by atoms with Crippen molar-refractivity contribution >= 4 is 38.5 Å². The lowest BCUT2D eigenvalue weighted by Crippen LogP contribution is -2.39. The first-order valence-corrected chi connectivity index (χ1v) is 14.9. The van der Waals surface area contributed by atoms with Gasteiger partial charge in [0.25, 0.3) is 0 Å². The Labute approximate surface area is 245 Å². The van der Waals surface area contributed by atoms with E-state index in [0.29, 0.717) is 46.1 Å². The van der Waals surface area contributed by atoms with Gasteiger partial charge in [0.15, 0.2) is 10.9 Å². The number of amides is 1. The van der Waals surface area contributed by atoms with Crippen LogP contribution in [0.2, 0.25) is 0 Å². The second kappa shape index (κ2) is 11.8. The molecule has 1 aliphatic heterocycles. The van der Waals surface area contributed by atoms with E-state index >= 15 is 0 Å². The predicted molar refractivity (Wildman–Crippen MR) is 157 cm³/mol. The number of carbonyl (C=O) groups excluding carboxylic acids is 1. The van der Waals surface area contributed by atoms with Crippen LogP contribution in [0.5, 0.6) is 11.6 Å². The monoisotopic (exact) mass is 596 g/mol. The second-order valence-corrected chi connectivity index (χ2v) is 12.0. The van der Waals surface area contributed by atoms with Crippen molar-refractivity contribution < 1.29 is 22.7 Å². The van der Waals surface area contributed by atoms with Crippen LogP contribution in [0.4, 0.5) is 24.3 Å². The molecule has 42 heavy (non-hydrogen) atoms. The van der Waals surface area contributed by atoms with Crippen LogP contribution in [0.25, 0.3) is 21.5 Å². The van der Waals surface area contributed by atoms with Crippen molar-refractivity contribution in [1.82, 2.24) is 19.9 Å². The number of carbonyl (C=O) groups is 1. The number of nitrogens with zero attached hydrogens (tertiary/aromatic N) is 4. The fourth-order valence-corrected chi connectivity index (χ4v) is 6.17. The summed E-state index contributed by atoms with van der Waals surface area (Å²) in [6, 6.07) is 11.9. The van der Waals surface area contributed by atoms with Gasteiger partial charge in [0.2, 0.25) is 17.7 Å². The molecular formula is C30H31F3N6O2S. The zero-order valence-corrected chi connectivity index (χ0v) is 23.9. The van der Waals surface area contributed by atoms with E-state index in [4.69, 9.17) is 4.74 Å². The van der Waals surface area contributed by atoms with Gasteiger partial charge in [-0.3, -0.25) is 4.79 Å². The Hall–Kier alpha value is -3.77. The number of piperidine rings is 1. The van der Waals surface area contributed by atoms with E-state index in [2.05, 4.69) is 30.5 Å². The average Bonchev–Trinajstić information content (AvgIpc) is 3.67. The van der Waals surface area contributed by atoms with Crippen molar-refractivity contribution in [2.24, 2.45) is 11.8 Å². The van der Waals surface area contributed by atoms with Crippen LogP contribution in [0.3, 0.4) is 0 Å². The molecule has 0 radical (unpaired) electrons. The normalized spacial score (nSPS) is 17.8. The number of anilines is 2. The number of aromatic nitrogens is 3. The Bertz CT molecular complexity index is 1570. The molecule has 2 fully saturated rings. The zero-order valence-electron chi connectivity index (χ0n) is 23.1. The van der Waals surface area contributed by atoms with E-state index in [1.807, 2.05) is 12.1 Å². The molecule has 1 aliphatic carbocycles. The molecule has 1 atom stereocenters. The van der Waals surface area contributed by atoms with Crippen molar-refractivity contribution in [3.05, 3.63) is 54.1 Å². The minimum Gasteiger partial charge on any atom is -0.437 e. The van der Waals surface area contributed by atoms with Crippen molar-refractivity contribution in [2.75, 3.05) is 36.8 Å². The van der Waals surface area contributed by atoms with Gasteiger partial charge in [-0.25, -0.2) is 9.97 Å². The van der Waals surface area contributed by atoms with Crippen molar-refractivity contribution in [2.45, 2.75) is 38.8 Å². The third-order valence-electron chi connectivity index (χ3n) is 7.46. The standard InChI is InChI=1S/C30H31F3N6O2S/c1-18(40)35-29-38-27-24(5-2-6-25(27)42-29)41-26-14-23(21-9-11-22(12-10-21)30(31,32)33)36-28(37-26)34-15-20-4-3-13-39(17-20)16-19-7-8-19/h2,5-6,9-12,14,19-20H,3-4,7-8,13,15-17H2,1H3,(H,34,36,37)(H,35,38,40)/t20-/m1/s1. The number of likely N-dealkylation sites (tertiary alicyclic amines) is 1. The highest BCUT2D eigenvalue weighted by Gasteiger charge is 2.30. The Morgan fingerprint density at radius 1 is 1.07 bits per heavy atom. The number of hydrogen-bond acceptors (Lipinski definition) is 8. The SMILES string of the molecule is CC(=O)Nc1nc2c(Oc3cc(-c4ccc(C(F)(F)F)cc4)nc(NC[C@H]4CCCN(CC5CC5)C4)n3)cccc2s1. The Balaban J connectivity index is 1.27. The van der Waals surface area contributed by atoms with Crippen LogP contribution in [0, 0.1) is 11.8 Å². The molecule has 1 amide bonds. The van der Waals surface area contributed by atoms with E-state index < -0.39 is 11.7 Å². The van der Waals surface area contributed by atoms with Crippen LogP contribution in [-0.4, -0.2) is 51.9 Å². The number of nitrogens with one attached hydrogen (secondary N) is 2. The summed E-state index contributed by atoms with van der Waals surface area (Å²) >= 11 is 1.32. The maximum atomic E-state index is 13.2. The van der Waals surface area contributed by atoms with E-state index in [1.54, 1.807) is 12.1 Å². The topological polar surface area (TPSA) is 92.3 Å². The van der Waals surface area contributed by atoms with Gasteiger partial charge in [-0.2, -0.15) is 18.2 Å². The van der Waals surface area contributed by atoms with Crippen LogP contribution in [0.1, 0.15) is 38.2 Å². The third-order valence-corrected chi connectivity index (χ3v) is 8.39. The van der Waals surface area contributed by atoms with E-state index in [1.165, 1.54) is 49.8 Å². The minimum absolute atomic E-state index is 0.224. The van der Waals surface area contributed by atoms with Crippen LogP contribution in [-0.2, 0) is 11.0 Å². The number of rotatable bonds is 9. The first-order valence-electron chi connectivity index (χ1n) is 14.1. The summed E-state index contributed by atoms with van der Waals surface area (Å²) in [6.45, 7) is 5.42. The fraction of sp³-hybridized carbons (Fsp3) is 0.400. The van der Waals surface area contributed by atoms with E-state index in [9.17, 15) is 18.0 Å². The fourth-order valence-electron chi connectivity index (χ4n) is 5.24. The maximum Gasteiger partial charge on any atom is 0.416 e. The number of alkyl halides is 3. The highest BCUT2D eigenvalue weighted by molar-refractivity contribution is 7.22. The van der Waals surface area contributed by atoms with E-state index in [-0.39, 0.29) is 11.8 Å².